The molecule has 0 fully saturated rings. The first kappa shape index (κ1) is 16.7. The molecule has 2 N–H and O–H groups in total. The number of nitrogens with zero attached hydrogens (tertiary/aromatic N) is 4. The standard InChI is InChI=1S/C15H13ClN6O3/c16-11-3-1-10(2-4-11)13-7-14(20-19-13)15(23)17-5-6-21-9-12(8-18-21)22(24)25/h1-4,7-9H,5-6H2,(H,17,23)(H,19,20). The third-order valence-electron chi connectivity index (χ3n) is 3.42. The minimum Gasteiger partial charge on any atom is -0.349 e. The highest BCUT2D eigenvalue weighted by Gasteiger charge is 2.12. The second kappa shape index (κ2) is 7.14. The highest BCUT2D eigenvalue weighted by atomic mass is 35.5. The maximum absolute atomic E-state index is 12.1. The Kier molecular flexibility index (Phi) is 4.75. The first-order valence-corrected chi connectivity index (χ1v) is 7.67. The van der Waals surface area contributed by atoms with Crippen molar-refractivity contribution in [3.05, 3.63) is 63.6 Å². The van der Waals surface area contributed by atoms with Crippen LogP contribution in [0.4, 0.5) is 5.69 Å². The number of nitro groups is 1. The van der Waals surface area contributed by atoms with E-state index < -0.39 is 4.92 Å². The van der Waals surface area contributed by atoms with Crippen molar-refractivity contribution in [3.63, 3.8) is 0 Å². The van der Waals surface area contributed by atoms with Crippen LogP contribution in [-0.2, 0) is 6.54 Å². The number of aromatic nitrogens is 4. The summed E-state index contributed by atoms with van der Waals surface area (Å²) in [7, 11) is 0. The smallest absolute Gasteiger partial charge is 0.306 e. The lowest BCUT2D eigenvalue weighted by atomic mass is 10.1. The van der Waals surface area contributed by atoms with E-state index in [-0.39, 0.29) is 18.1 Å². The predicted molar refractivity (Wildman–Crippen MR) is 90.2 cm³/mol. The number of halogens is 1. The van der Waals surface area contributed by atoms with Gasteiger partial charge in [-0.05, 0) is 18.2 Å². The fraction of sp³-hybridized carbons (Fsp3) is 0.133. The molecule has 0 saturated carbocycles. The van der Waals surface area contributed by atoms with E-state index in [0.29, 0.717) is 23.0 Å². The first-order valence-electron chi connectivity index (χ1n) is 7.29. The van der Waals surface area contributed by atoms with E-state index in [1.54, 1.807) is 18.2 Å². The molecule has 2 aromatic heterocycles. The fourth-order valence-corrected chi connectivity index (χ4v) is 2.28. The van der Waals surface area contributed by atoms with Crippen LogP contribution in [0.25, 0.3) is 11.3 Å². The Bertz CT molecular complexity index is 902. The molecule has 0 aliphatic rings. The van der Waals surface area contributed by atoms with Crippen LogP contribution in [0.3, 0.4) is 0 Å². The Hall–Kier alpha value is -3.20. The number of hydrogen-bond donors (Lipinski definition) is 2. The molecule has 0 saturated heterocycles. The number of amides is 1. The van der Waals surface area contributed by atoms with Gasteiger partial charge in [0.05, 0.1) is 17.2 Å². The third kappa shape index (κ3) is 4.01. The van der Waals surface area contributed by atoms with Crippen LogP contribution in [0.5, 0.6) is 0 Å². The average Bonchev–Trinajstić information content (AvgIpc) is 3.25. The SMILES string of the molecule is O=C(NCCn1cc([N+](=O)[O-])cn1)c1cc(-c2ccc(Cl)cc2)n[nH]1. The van der Waals surface area contributed by atoms with Gasteiger partial charge in [-0.1, -0.05) is 23.7 Å². The largest absolute Gasteiger partial charge is 0.349 e. The van der Waals surface area contributed by atoms with Crippen LogP contribution >= 0.6 is 11.6 Å². The summed E-state index contributed by atoms with van der Waals surface area (Å²) in [6.07, 6.45) is 2.47. The second-order valence-corrected chi connectivity index (χ2v) is 5.58. The molecule has 0 aliphatic carbocycles. The lowest BCUT2D eigenvalue weighted by molar-refractivity contribution is -0.385. The first-order chi connectivity index (χ1) is 12.0. The fourth-order valence-electron chi connectivity index (χ4n) is 2.16. The van der Waals surface area contributed by atoms with Gasteiger partial charge < -0.3 is 5.32 Å². The monoisotopic (exact) mass is 360 g/mol. The molecule has 0 bridgehead atoms. The molecule has 0 radical (unpaired) electrons. The number of H-pyrrole nitrogens is 1. The summed E-state index contributed by atoms with van der Waals surface area (Å²) in [4.78, 5) is 22.2. The van der Waals surface area contributed by atoms with Crippen molar-refractivity contribution in [1.29, 1.82) is 0 Å². The molecular formula is C15H13ClN6O3. The van der Waals surface area contributed by atoms with E-state index in [9.17, 15) is 14.9 Å². The van der Waals surface area contributed by atoms with Crippen LogP contribution in [-0.4, -0.2) is 37.4 Å². The summed E-state index contributed by atoms with van der Waals surface area (Å²) in [5.74, 6) is -0.325. The quantitative estimate of drug-likeness (QED) is 0.516. The average molecular weight is 361 g/mol. The van der Waals surface area contributed by atoms with E-state index in [1.807, 2.05) is 12.1 Å². The molecule has 3 aromatic rings. The zero-order valence-corrected chi connectivity index (χ0v) is 13.6. The minimum absolute atomic E-state index is 0.0903. The zero-order chi connectivity index (χ0) is 17.8. The normalized spacial score (nSPS) is 10.6. The summed E-state index contributed by atoms with van der Waals surface area (Å²) in [6.45, 7) is 0.588. The van der Waals surface area contributed by atoms with Gasteiger partial charge in [-0.25, -0.2) is 0 Å². The lowest BCUT2D eigenvalue weighted by Gasteiger charge is -2.03. The zero-order valence-electron chi connectivity index (χ0n) is 12.8. The van der Waals surface area contributed by atoms with Gasteiger partial charge in [0.2, 0.25) is 0 Å². The van der Waals surface area contributed by atoms with Crippen molar-refractivity contribution >= 4 is 23.2 Å². The van der Waals surface area contributed by atoms with Crippen LogP contribution in [0.1, 0.15) is 10.5 Å². The Labute approximate surface area is 146 Å². The van der Waals surface area contributed by atoms with Gasteiger partial charge in [0, 0.05) is 17.1 Å². The van der Waals surface area contributed by atoms with Crippen molar-refractivity contribution < 1.29 is 9.72 Å². The molecule has 0 aliphatic heterocycles. The number of carbonyl (C=O) groups excluding carboxylic acids is 1. The lowest BCUT2D eigenvalue weighted by Crippen LogP contribution is -2.27. The van der Waals surface area contributed by atoms with Crippen LogP contribution in [0.15, 0.2) is 42.7 Å². The summed E-state index contributed by atoms with van der Waals surface area (Å²) >= 11 is 5.84. The topological polar surface area (TPSA) is 119 Å². The number of hydrogen-bond acceptors (Lipinski definition) is 5. The second-order valence-electron chi connectivity index (χ2n) is 5.15. The number of carbonyl (C=O) groups is 1. The summed E-state index contributed by atoms with van der Waals surface area (Å²) in [6, 6.07) is 8.75. The highest BCUT2D eigenvalue weighted by Crippen LogP contribution is 2.20. The summed E-state index contributed by atoms with van der Waals surface area (Å²) in [5, 5.41) is 24.5. The highest BCUT2D eigenvalue weighted by molar-refractivity contribution is 6.30. The van der Waals surface area contributed by atoms with Crippen molar-refractivity contribution in [2.75, 3.05) is 6.54 Å². The van der Waals surface area contributed by atoms with E-state index in [1.165, 1.54) is 10.9 Å². The third-order valence-corrected chi connectivity index (χ3v) is 3.67. The Morgan fingerprint density at radius 3 is 2.80 bits per heavy atom. The summed E-state index contributed by atoms with van der Waals surface area (Å²) < 4.78 is 1.39. The predicted octanol–water partition coefficient (Wildman–Crippen LogP) is 2.26. The van der Waals surface area contributed by atoms with Gasteiger partial charge in [-0.3, -0.25) is 24.7 Å². The molecule has 3 rings (SSSR count). The van der Waals surface area contributed by atoms with Gasteiger partial charge in [-0.2, -0.15) is 10.2 Å². The van der Waals surface area contributed by atoms with Gasteiger partial charge >= 0.3 is 5.69 Å². The van der Waals surface area contributed by atoms with Crippen molar-refractivity contribution in [2.45, 2.75) is 6.54 Å². The maximum atomic E-state index is 12.1. The molecule has 1 amide bonds. The number of aromatic amines is 1. The van der Waals surface area contributed by atoms with Crippen molar-refractivity contribution in [1.82, 2.24) is 25.3 Å². The summed E-state index contributed by atoms with van der Waals surface area (Å²) in [5.41, 5.74) is 1.69. The van der Waals surface area contributed by atoms with Crippen molar-refractivity contribution in [3.8, 4) is 11.3 Å². The molecule has 25 heavy (non-hydrogen) atoms. The molecule has 0 spiro atoms. The minimum atomic E-state index is -0.523. The molecule has 2 heterocycles. The molecule has 9 nitrogen and oxygen atoms in total. The molecule has 128 valence electrons. The molecule has 10 heteroatoms. The van der Waals surface area contributed by atoms with E-state index >= 15 is 0 Å². The maximum Gasteiger partial charge on any atom is 0.306 e. The Morgan fingerprint density at radius 1 is 1.36 bits per heavy atom. The molecular weight excluding hydrogens is 348 g/mol. The molecule has 0 unspecified atom stereocenters. The van der Waals surface area contributed by atoms with Crippen LogP contribution < -0.4 is 5.32 Å². The van der Waals surface area contributed by atoms with E-state index in [4.69, 9.17) is 11.6 Å². The number of nitrogens with one attached hydrogen (secondary N) is 2. The molecule has 1 aromatic carbocycles. The molecule has 0 atom stereocenters. The van der Waals surface area contributed by atoms with E-state index in [2.05, 4.69) is 20.6 Å². The van der Waals surface area contributed by atoms with Gasteiger partial charge in [0.1, 0.15) is 18.1 Å². The van der Waals surface area contributed by atoms with Crippen LogP contribution in [0, 0.1) is 10.1 Å². The Morgan fingerprint density at radius 2 is 2.12 bits per heavy atom. The Balaban J connectivity index is 1.56. The van der Waals surface area contributed by atoms with Gasteiger partial charge in [0.25, 0.3) is 5.91 Å². The van der Waals surface area contributed by atoms with Crippen LogP contribution in [0.2, 0.25) is 5.02 Å². The van der Waals surface area contributed by atoms with Gasteiger partial charge in [-0.15, -0.1) is 0 Å². The van der Waals surface area contributed by atoms with Gasteiger partial charge in [0.15, 0.2) is 0 Å². The van der Waals surface area contributed by atoms with Crippen molar-refractivity contribution in [2.24, 2.45) is 0 Å². The van der Waals surface area contributed by atoms with E-state index in [0.717, 1.165) is 11.8 Å². The number of benzene rings is 1. The number of rotatable bonds is 6.